The quantitative estimate of drug-likeness (QED) is 0.390. The molecule has 0 spiro atoms. The Hall–Kier alpha value is -0.660. The van der Waals surface area contributed by atoms with Crippen LogP contribution < -0.4 is 10.5 Å². The molecule has 14 heavy (non-hydrogen) atoms. The van der Waals surface area contributed by atoms with Gasteiger partial charge in [-0.1, -0.05) is 0 Å². The van der Waals surface area contributed by atoms with Gasteiger partial charge in [-0.3, -0.25) is 5.41 Å². The maximum atomic E-state index is 11.3. The third-order valence-corrected chi connectivity index (χ3v) is 2.93. The highest BCUT2D eigenvalue weighted by atomic mass is 32.2. The molecule has 0 aliphatic rings. The van der Waals surface area contributed by atoms with E-state index in [4.69, 9.17) is 11.1 Å². The van der Waals surface area contributed by atoms with Gasteiger partial charge in [0.15, 0.2) is 0 Å². The number of rotatable bonds is 7. The Morgan fingerprint density at radius 3 is 2.64 bits per heavy atom. The minimum absolute atomic E-state index is 0.0352. The van der Waals surface area contributed by atoms with Crippen LogP contribution in [0.2, 0.25) is 0 Å². The number of hydrogen-bond acceptors (Lipinski definition) is 4. The van der Waals surface area contributed by atoms with Crippen LogP contribution >= 0.6 is 0 Å². The van der Waals surface area contributed by atoms with Gasteiger partial charge >= 0.3 is 0 Å². The average Bonchev–Trinajstić information content (AvgIpc) is 1.98. The van der Waals surface area contributed by atoms with E-state index in [9.17, 15) is 8.42 Å². The Morgan fingerprint density at radius 2 is 2.21 bits per heavy atom. The van der Waals surface area contributed by atoms with Crippen molar-refractivity contribution in [3.05, 3.63) is 0 Å². The summed E-state index contributed by atoms with van der Waals surface area (Å²) in [6.45, 7) is 1.81. The van der Waals surface area contributed by atoms with E-state index in [0.717, 1.165) is 0 Å². The minimum Gasteiger partial charge on any atom is -0.388 e. The summed E-state index contributed by atoms with van der Waals surface area (Å²) in [7, 11) is -1.88. The monoisotopic (exact) mass is 223 g/mol. The van der Waals surface area contributed by atoms with E-state index < -0.39 is 10.0 Å². The second kappa shape index (κ2) is 5.94. The summed E-state index contributed by atoms with van der Waals surface area (Å²) < 4.78 is 29.6. The lowest BCUT2D eigenvalue weighted by molar-refractivity contribution is 0.217. The summed E-state index contributed by atoms with van der Waals surface area (Å²) in [6.07, 6.45) is 0.214. The van der Waals surface area contributed by atoms with Crippen LogP contribution in [-0.2, 0) is 14.8 Å². The predicted octanol–water partition coefficient (Wildman–Crippen LogP) is -0.733. The molecular weight excluding hydrogens is 206 g/mol. The molecule has 0 amide bonds. The Bertz CT molecular complexity index is 276. The van der Waals surface area contributed by atoms with Gasteiger partial charge in [0.25, 0.3) is 0 Å². The molecule has 7 heteroatoms. The number of nitrogens with one attached hydrogen (secondary N) is 2. The van der Waals surface area contributed by atoms with E-state index in [-0.39, 0.29) is 30.7 Å². The summed E-state index contributed by atoms with van der Waals surface area (Å²) in [5.74, 6) is -0.113. The molecule has 0 radical (unpaired) electrons. The zero-order chi connectivity index (χ0) is 11.2. The van der Waals surface area contributed by atoms with Gasteiger partial charge in [-0.25, -0.2) is 13.1 Å². The van der Waals surface area contributed by atoms with Crippen LogP contribution in [0.15, 0.2) is 0 Å². The van der Waals surface area contributed by atoms with E-state index in [0.29, 0.717) is 0 Å². The molecule has 0 aromatic carbocycles. The van der Waals surface area contributed by atoms with Crippen LogP contribution in [0.4, 0.5) is 0 Å². The molecule has 0 saturated carbocycles. The Morgan fingerprint density at radius 1 is 1.64 bits per heavy atom. The normalized spacial score (nSPS) is 13.9. The van der Waals surface area contributed by atoms with Gasteiger partial charge in [0, 0.05) is 19.6 Å². The van der Waals surface area contributed by atoms with Gasteiger partial charge in [-0.05, 0) is 6.92 Å². The third-order valence-electron chi connectivity index (χ3n) is 1.46. The van der Waals surface area contributed by atoms with E-state index in [1.54, 1.807) is 6.92 Å². The van der Waals surface area contributed by atoms with E-state index >= 15 is 0 Å². The Labute approximate surface area is 84.4 Å². The fraction of sp³-hybridized carbons (Fsp3) is 0.857. The molecule has 1 unspecified atom stereocenters. The van der Waals surface area contributed by atoms with Gasteiger partial charge in [0.2, 0.25) is 10.0 Å². The van der Waals surface area contributed by atoms with Crippen molar-refractivity contribution in [1.29, 1.82) is 5.41 Å². The molecule has 0 rings (SSSR count). The number of methoxy groups -OCH3 is 1. The molecule has 0 saturated heterocycles. The van der Waals surface area contributed by atoms with E-state index in [1.807, 2.05) is 0 Å². The van der Waals surface area contributed by atoms with Crippen molar-refractivity contribution in [2.75, 3.05) is 19.5 Å². The molecule has 0 fully saturated rings. The van der Waals surface area contributed by atoms with Gasteiger partial charge in [0.05, 0.1) is 18.2 Å². The molecule has 0 aliphatic carbocycles. The average molecular weight is 223 g/mol. The highest BCUT2D eigenvalue weighted by Gasteiger charge is 2.14. The topological polar surface area (TPSA) is 105 Å². The van der Waals surface area contributed by atoms with Crippen LogP contribution in [0.1, 0.15) is 13.3 Å². The second-order valence-corrected chi connectivity index (χ2v) is 4.93. The van der Waals surface area contributed by atoms with E-state index in [1.165, 1.54) is 7.11 Å². The molecule has 1 atom stereocenters. The fourth-order valence-corrected chi connectivity index (χ4v) is 2.13. The Kier molecular flexibility index (Phi) is 5.66. The number of nitrogens with two attached hydrogens (primary N) is 1. The first kappa shape index (κ1) is 13.3. The molecule has 0 aromatic rings. The van der Waals surface area contributed by atoms with Crippen molar-refractivity contribution in [2.45, 2.75) is 19.4 Å². The highest BCUT2D eigenvalue weighted by molar-refractivity contribution is 7.89. The number of ether oxygens (including phenoxy) is 1. The summed E-state index contributed by atoms with van der Waals surface area (Å²) in [5.41, 5.74) is 5.14. The first-order chi connectivity index (χ1) is 6.37. The van der Waals surface area contributed by atoms with Gasteiger partial charge in [0.1, 0.15) is 0 Å². The van der Waals surface area contributed by atoms with Crippen LogP contribution in [0.3, 0.4) is 0 Å². The number of hydrogen-bond donors (Lipinski definition) is 3. The van der Waals surface area contributed by atoms with Gasteiger partial charge in [-0.15, -0.1) is 0 Å². The van der Waals surface area contributed by atoms with Crippen molar-refractivity contribution >= 4 is 15.9 Å². The van der Waals surface area contributed by atoms with Crippen molar-refractivity contribution in [3.8, 4) is 0 Å². The molecule has 0 aliphatic heterocycles. The minimum atomic E-state index is -3.32. The van der Waals surface area contributed by atoms with Crippen molar-refractivity contribution in [1.82, 2.24) is 4.72 Å². The van der Waals surface area contributed by atoms with E-state index in [2.05, 4.69) is 9.46 Å². The van der Waals surface area contributed by atoms with Gasteiger partial charge in [-0.2, -0.15) is 0 Å². The van der Waals surface area contributed by atoms with Crippen LogP contribution in [0, 0.1) is 5.41 Å². The lowest BCUT2D eigenvalue weighted by atomic mass is 10.2. The first-order valence-corrected chi connectivity index (χ1v) is 5.84. The van der Waals surface area contributed by atoms with Crippen LogP contribution in [0.5, 0.6) is 0 Å². The zero-order valence-corrected chi connectivity index (χ0v) is 9.23. The molecule has 0 bridgehead atoms. The summed E-state index contributed by atoms with van der Waals surface area (Å²) in [4.78, 5) is 0. The largest absolute Gasteiger partial charge is 0.388 e. The summed E-state index contributed by atoms with van der Waals surface area (Å²) in [5, 5.41) is 6.99. The van der Waals surface area contributed by atoms with Crippen molar-refractivity contribution in [3.63, 3.8) is 0 Å². The van der Waals surface area contributed by atoms with Crippen molar-refractivity contribution < 1.29 is 13.2 Å². The van der Waals surface area contributed by atoms with Crippen LogP contribution in [0.25, 0.3) is 0 Å². The molecule has 84 valence electrons. The second-order valence-electron chi connectivity index (χ2n) is 3.06. The number of sulfonamides is 1. The first-order valence-electron chi connectivity index (χ1n) is 4.19. The lowest BCUT2D eigenvalue weighted by Crippen LogP contribution is -2.37. The summed E-state index contributed by atoms with van der Waals surface area (Å²) in [6, 6.07) is -0.352. The molecule has 6 nitrogen and oxygen atoms in total. The maximum absolute atomic E-state index is 11.3. The highest BCUT2D eigenvalue weighted by Crippen LogP contribution is 1.94. The fourth-order valence-electron chi connectivity index (χ4n) is 0.930. The van der Waals surface area contributed by atoms with Gasteiger partial charge < -0.3 is 10.5 Å². The van der Waals surface area contributed by atoms with Crippen molar-refractivity contribution in [2.24, 2.45) is 5.73 Å². The standard InChI is InChI=1S/C7H17N3O3S/c1-6(5-7(8)9)10-14(11,12)4-3-13-2/h6,10H,3-5H2,1-2H3,(H3,8,9). The Balaban J connectivity index is 4.02. The summed E-state index contributed by atoms with van der Waals surface area (Å²) >= 11 is 0. The third kappa shape index (κ3) is 6.81. The predicted molar refractivity (Wildman–Crippen MR) is 54.8 cm³/mol. The smallest absolute Gasteiger partial charge is 0.214 e. The molecule has 4 N–H and O–H groups in total. The molecule has 0 heterocycles. The lowest BCUT2D eigenvalue weighted by Gasteiger charge is -2.12. The SMILES string of the molecule is COCCS(=O)(=O)NC(C)CC(=N)N. The zero-order valence-electron chi connectivity index (χ0n) is 8.41. The number of amidine groups is 1. The van der Waals surface area contributed by atoms with Crippen LogP contribution in [-0.4, -0.2) is 39.8 Å². The molecule has 0 aromatic heterocycles. The molecular formula is C7H17N3O3S. The maximum Gasteiger partial charge on any atom is 0.214 e.